The van der Waals surface area contributed by atoms with E-state index in [1.54, 1.807) is 17.8 Å². The molecule has 0 radical (unpaired) electrons. The van der Waals surface area contributed by atoms with Crippen LogP contribution in [0.15, 0.2) is 39.6 Å². The molecule has 0 aliphatic rings. The quantitative estimate of drug-likeness (QED) is 0.261. The standard InChI is InChI=1S/C13H15N3O2S/c1-8-9(6-12(18-8)13(17)16-15)7-19-11-4-2-10(14)3-5-11/h2-6H,7,14-15H2,1H3,(H,16,17). The number of nitrogens with one attached hydrogen (secondary N) is 1. The molecule has 1 amide bonds. The number of nitrogens with two attached hydrogens (primary N) is 2. The molecule has 0 atom stereocenters. The molecule has 2 aromatic rings. The summed E-state index contributed by atoms with van der Waals surface area (Å²) in [6.45, 7) is 1.83. The van der Waals surface area contributed by atoms with Crippen molar-refractivity contribution >= 4 is 23.4 Å². The highest BCUT2D eigenvalue weighted by atomic mass is 32.2. The predicted molar refractivity (Wildman–Crippen MR) is 75.5 cm³/mol. The van der Waals surface area contributed by atoms with Gasteiger partial charge in [-0.2, -0.15) is 0 Å². The molecule has 0 bridgehead atoms. The summed E-state index contributed by atoms with van der Waals surface area (Å²) in [6.07, 6.45) is 0. The topological polar surface area (TPSA) is 94.3 Å². The number of carbonyl (C=O) groups is 1. The summed E-state index contributed by atoms with van der Waals surface area (Å²) in [6, 6.07) is 9.35. The van der Waals surface area contributed by atoms with Gasteiger partial charge in [0.2, 0.25) is 0 Å². The molecule has 0 fully saturated rings. The number of thioether (sulfide) groups is 1. The molecule has 0 spiro atoms. The molecule has 1 aromatic heterocycles. The second-order valence-electron chi connectivity index (χ2n) is 4.02. The van der Waals surface area contributed by atoms with Crippen LogP contribution in [0.3, 0.4) is 0 Å². The third-order valence-corrected chi connectivity index (χ3v) is 3.71. The lowest BCUT2D eigenvalue weighted by Crippen LogP contribution is -2.29. The van der Waals surface area contributed by atoms with Gasteiger partial charge in [0.1, 0.15) is 5.76 Å². The van der Waals surface area contributed by atoms with Gasteiger partial charge in [-0.3, -0.25) is 10.2 Å². The normalized spacial score (nSPS) is 10.4. The summed E-state index contributed by atoms with van der Waals surface area (Å²) in [4.78, 5) is 12.5. The number of benzene rings is 1. The van der Waals surface area contributed by atoms with Gasteiger partial charge in [-0.25, -0.2) is 5.84 Å². The zero-order valence-corrected chi connectivity index (χ0v) is 11.3. The second kappa shape index (κ2) is 5.81. The van der Waals surface area contributed by atoms with Crippen LogP contribution in [0.2, 0.25) is 0 Å². The Hall–Kier alpha value is -1.92. The maximum atomic E-state index is 11.3. The van der Waals surface area contributed by atoms with Crippen molar-refractivity contribution < 1.29 is 9.21 Å². The molecular weight excluding hydrogens is 262 g/mol. The van der Waals surface area contributed by atoms with Gasteiger partial charge in [0.05, 0.1) is 0 Å². The molecule has 6 heteroatoms. The smallest absolute Gasteiger partial charge is 0.300 e. The van der Waals surface area contributed by atoms with E-state index < -0.39 is 5.91 Å². The number of nitrogen functional groups attached to an aromatic ring is 2. The van der Waals surface area contributed by atoms with Crippen molar-refractivity contribution in [2.75, 3.05) is 5.73 Å². The summed E-state index contributed by atoms with van der Waals surface area (Å²) in [7, 11) is 0. The van der Waals surface area contributed by atoms with Gasteiger partial charge < -0.3 is 10.2 Å². The minimum Gasteiger partial charge on any atom is -0.456 e. The van der Waals surface area contributed by atoms with Crippen molar-refractivity contribution in [3.05, 3.63) is 47.4 Å². The van der Waals surface area contributed by atoms with Gasteiger partial charge in [0.25, 0.3) is 0 Å². The number of amides is 1. The number of hydrogen-bond donors (Lipinski definition) is 3. The number of furan rings is 1. The minimum atomic E-state index is -0.424. The largest absolute Gasteiger partial charge is 0.456 e. The van der Waals surface area contributed by atoms with Crippen molar-refractivity contribution in [3.63, 3.8) is 0 Å². The molecular formula is C13H15N3O2S. The lowest BCUT2D eigenvalue weighted by atomic mass is 10.3. The Kier molecular flexibility index (Phi) is 4.13. The summed E-state index contributed by atoms with van der Waals surface area (Å²) in [5.41, 5.74) is 9.39. The van der Waals surface area contributed by atoms with Gasteiger partial charge in [-0.15, -0.1) is 11.8 Å². The van der Waals surface area contributed by atoms with Crippen molar-refractivity contribution in [2.45, 2.75) is 17.6 Å². The van der Waals surface area contributed by atoms with E-state index in [1.165, 1.54) is 0 Å². The number of hydrazine groups is 1. The molecule has 0 aliphatic carbocycles. The van der Waals surface area contributed by atoms with Gasteiger partial charge in [0, 0.05) is 21.9 Å². The monoisotopic (exact) mass is 277 g/mol. The van der Waals surface area contributed by atoms with E-state index in [9.17, 15) is 4.79 Å². The van der Waals surface area contributed by atoms with Crippen molar-refractivity contribution in [2.24, 2.45) is 5.84 Å². The molecule has 1 aromatic carbocycles. The lowest BCUT2D eigenvalue weighted by molar-refractivity contribution is 0.0924. The van der Waals surface area contributed by atoms with Gasteiger partial charge >= 0.3 is 5.91 Å². The van der Waals surface area contributed by atoms with Crippen LogP contribution in [-0.4, -0.2) is 5.91 Å². The molecule has 5 nitrogen and oxygen atoms in total. The fourth-order valence-electron chi connectivity index (χ4n) is 1.57. The van der Waals surface area contributed by atoms with Crippen molar-refractivity contribution in [3.8, 4) is 0 Å². The average Bonchev–Trinajstić information content (AvgIpc) is 2.79. The zero-order valence-electron chi connectivity index (χ0n) is 10.5. The Morgan fingerprint density at radius 3 is 2.68 bits per heavy atom. The molecule has 100 valence electrons. The first-order valence-corrected chi connectivity index (χ1v) is 6.67. The molecule has 2 rings (SSSR count). The fraction of sp³-hybridized carbons (Fsp3) is 0.154. The van der Waals surface area contributed by atoms with E-state index in [1.807, 2.05) is 36.6 Å². The maximum Gasteiger partial charge on any atom is 0.300 e. The van der Waals surface area contributed by atoms with Crippen molar-refractivity contribution in [1.82, 2.24) is 5.43 Å². The first-order valence-electron chi connectivity index (χ1n) is 5.68. The number of rotatable bonds is 4. The Balaban J connectivity index is 2.05. The molecule has 5 N–H and O–H groups in total. The van der Waals surface area contributed by atoms with E-state index in [2.05, 4.69) is 0 Å². The highest BCUT2D eigenvalue weighted by Gasteiger charge is 2.13. The van der Waals surface area contributed by atoms with Gasteiger partial charge in [-0.05, 0) is 37.3 Å². The van der Waals surface area contributed by atoms with Crippen LogP contribution in [0.25, 0.3) is 0 Å². The maximum absolute atomic E-state index is 11.3. The first-order chi connectivity index (χ1) is 9.10. The highest BCUT2D eigenvalue weighted by molar-refractivity contribution is 7.98. The molecule has 1 heterocycles. The van der Waals surface area contributed by atoms with E-state index in [0.29, 0.717) is 0 Å². The summed E-state index contributed by atoms with van der Waals surface area (Å²) < 4.78 is 5.35. The van der Waals surface area contributed by atoms with Crippen LogP contribution in [-0.2, 0) is 5.75 Å². The SMILES string of the molecule is Cc1oc(C(=O)NN)cc1CSc1ccc(N)cc1. The Bertz CT molecular complexity index is 578. The Morgan fingerprint density at radius 2 is 2.05 bits per heavy atom. The van der Waals surface area contributed by atoms with Crippen LogP contribution >= 0.6 is 11.8 Å². The number of aryl methyl sites for hydroxylation is 1. The zero-order chi connectivity index (χ0) is 13.8. The molecule has 0 saturated heterocycles. The van der Waals surface area contributed by atoms with Crippen LogP contribution in [0, 0.1) is 6.92 Å². The first kappa shape index (κ1) is 13.5. The number of anilines is 1. The second-order valence-corrected chi connectivity index (χ2v) is 5.07. The van der Waals surface area contributed by atoms with Crippen LogP contribution in [0.5, 0.6) is 0 Å². The minimum absolute atomic E-state index is 0.230. The summed E-state index contributed by atoms with van der Waals surface area (Å²) in [5.74, 6) is 6.31. The number of hydrogen-bond acceptors (Lipinski definition) is 5. The highest BCUT2D eigenvalue weighted by Crippen LogP contribution is 2.26. The average molecular weight is 277 g/mol. The number of carbonyl (C=O) groups excluding carboxylic acids is 1. The predicted octanol–water partition coefficient (Wildman–Crippen LogP) is 2.07. The van der Waals surface area contributed by atoms with E-state index >= 15 is 0 Å². The van der Waals surface area contributed by atoms with E-state index in [4.69, 9.17) is 16.0 Å². The van der Waals surface area contributed by atoms with E-state index in [0.717, 1.165) is 27.7 Å². The Labute approximate surface area is 115 Å². The Morgan fingerprint density at radius 1 is 1.37 bits per heavy atom. The lowest BCUT2D eigenvalue weighted by Gasteiger charge is -2.01. The van der Waals surface area contributed by atoms with Crippen LogP contribution in [0.1, 0.15) is 21.9 Å². The third kappa shape index (κ3) is 3.30. The van der Waals surface area contributed by atoms with Crippen LogP contribution < -0.4 is 17.0 Å². The van der Waals surface area contributed by atoms with Crippen molar-refractivity contribution in [1.29, 1.82) is 0 Å². The molecule has 0 saturated carbocycles. The van der Waals surface area contributed by atoms with Crippen LogP contribution in [0.4, 0.5) is 5.69 Å². The summed E-state index contributed by atoms with van der Waals surface area (Å²) in [5, 5.41) is 0. The molecule has 0 unspecified atom stereocenters. The molecule has 19 heavy (non-hydrogen) atoms. The van der Waals surface area contributed by atoms with E-state index in [-0.39, 0.29) is 5.76 Å². The summed E-state index contributed by atoms with van der Waals surface area (Å²) >= 11 is 1.65. The molecule has 0 aliphatic heterocycles. The third-order valence-electron chi connectivity index (χ3n) is 2.65. The van der Waals surface area contributed by atoms with Gasteiger partial charge in [-0.1, -0.05) is 0 Å². The fourth-order valence-corrected chi connectivity index (χ4v) is 2.51. The van der Waals surface area contributed by atoms with Gasteiger partial charge in [0.15, 0.2) is 5.76 Å².